The molecule has 0 aliphatic heterocycles. The number of anilines is 1. The van der Waals surface area contributed by atoms with Crippen molar-refractivity contribution in [1.82, 2.24) is 14.9 Å². The van der Waals surface area contributed by atoms with Gasteiger partial charge in [-0.1, -0.05) is 0 Å². The summed E-state index contributed by atoms with van der Waals surface area (Å²) in [5.41, 5.74) is 2.49. The first kappa shape index (κ1) is 9.88. The Bertz CT molecular complexity index is 260. The van der Waals surface area contributed by atoms with Crippen LogP contribution < -0.4 is 11.3 Å². The Morgan fingerprint density at radius 2 is 2.31 bits per heavy atom. The highest BCUT2D eigenvalue weighted by atomic mass is 15.3. The number of hydrazine groups is 1. The van der Waals surface area contributed by atoms with Crippen LogP contribution in [0.2, 0.25) is 0 Å². The first-order valence-electron chi connectivity index (χ1n) is 4.15. The number of nitrogens with zero attached hydrogens (tertiary/aromatic N) is 3. The quantitative estimate of drug-likeness (QED) is 0.500. The Hall–Kier alpha value is -1.20. The van der Waals surface area contributed by atoms with Crippen molar-refractivity contribution >= 4 is 5.82 Å². The number of nitrogens with one attached hydrogen (secondary N) is 1. The lowest BCUT2D eigenvalue weighted by Crippen LogP contribution is -2.17. The largest absolute Gasteiger partial charge is 0.309 e. The van der Waals surface area contributed by atoms with Gasteiger partial charge in [-0.25, -0.2) is 15.8 Å². The van der Waals surface area contributed by atoms with E-state index in [1.54, 1.807) is 12.3 Å². The fourth-order valence-corrected chi connectivity index (χ4v) is 0.924. The van der Waals surface area contributed by atoms with Crippen molar-refractivity contribution in [3.63, 3.8) is 0 Å². The summed E-state index contributed by atoms with van der Waals surface area (Å²) in [5.74, 6) is 6.69. The van der Waals surface area contributed by atoms with Gasteiger partial charge in [-0.05, 0) is 14.1 Å². The standard InChI is InChI=1S/C8H15N5/c1-13(2)6-4-7-10-5-3-8(11-7)12-9/h3,5H,4,6,9H2,1-2H3,(H,10,11,12). The van der Waals surface area contributed by atoms with Gasteiger partial charge in [-0.2, -0.15) is 0 Å². The second-order valence-electron chi connectivity index (χ2n) is 3.06. The molecule has 0 saturated carbocycles. The molecule has 0 spiro atoms. The van der Waals surface area contributed by atoms with E-state index in [9.17, 15) is 0 Å². The van der Waals surface area contributed by atoms with Crippen LogP contribution in [-0.4, -0.2) is 35.5 Å². The van der Waals surface area contributed by atoms with Crippen molar-refractivity contribution in [2.75, 3.05) is 26.1 Å². The zero-order valence-corrected chi connectivity index (χ0v) is 7.99. The highest BCUT2D eigenvalue weighted by molar-refractivity contribution is 5.30. The second kappa shape index (κ2) is 4.74. The van der Waals surface area contributed by atoms with Gasteiger partial charge < -0.3 is 10.3 Å². The lowest BCUT2D eigenvalue weighted by atomic mass is 10.4. The molecule has 0 bridgehead atoms. The average Bonchev–Trinajstić information content (AvgIpc) is 2.15. The van der Waals surface area contributed by atoms with Crippen molar-refractivity contribution in [2.45, 2.75) is 6.42 Å². The summed E-state index contributed by atoms with van der Waals surface area (Å²) < 4.78 is 0. The molecule has 72 valence electrons. The van der Waals surface area contributed by atoms with E-state index >= 15 is 0 Å². The van der Waals surface area contributed by atoms with E-state index in [1.165, 1.54) is 0 Å². The van der Waals surface area contributed by atoms with E-state index in [-0.39, 0.29) is 0 Å². The molecule has 1 aromatic heterocycles. The minimum Gasteiger partial charge on any atom is -0.309 e. The van der Waals surface area contributed by atoms with E-state index in [4.69, 9.17) is 5.84 Å². The molecule has 0 aliphatic carbocycles. The van der Waals surface area contributed by atoms with Crippen LogP contribution in [0.15, 0.2) is 12.3 Å². The maximum atomic E-state index is 5.22. The molecule has 0 aromatic carbocycles. The minimum absolute atomic E-state index is 0.656. The smallest absolute Gasteiger partial charge is 0.143 e. The lowest BCUT2D eigenvalue weighted by molar-refractivity contribution is 0.409. The van der Waals surface area contributed by atoms with Crippen LogP contribution in [0.1, 0.15) is 5.82 Å². The predicted molar refractivity (Wildman–Crippen MR) is 52.1 cm³/mol. The Morgan fingerprint density at radius 1 is 1.54 bits per heavy atom. The molecule has 0 amide bonds. The molecule has 0 saturated heterocycles. The van der Waals surface area contributed by atoms with Crippen LogP contribution in [0, 0.1) is 0 Å². The number of hydrogen-bond donors (Lipinski definition) is 2. The van der Waals surface area contributed by atoms with Gasteiger partial charge in [-0.3, -0.25) is 0 Å². The van der Waals surface area contributed by atoms with E-state index in [2.05, 4.69) is 20.3 Å². The summed E-state index contributed by atoms with van der Waals surface area (Å²) in [6.45, 7) is 0.939. The number of hydrogen-bond acceptors (Lipinski definition) is 5. The van der Waals surface area contributed by atoms with Crippen molar-refractivity contribution in [3.05, 3.63) is 18.1 Å². The van der Waals surface area contributed by atoms with Crippen LogP contribution in [0.4, 0.5) is 5.82 Å². The van der Waals surface area contributed by atoms with Gasteiger partial charge in [-0.15, -0.1) is 0 Å². The third-order valence-corrected chi connectivity index (χ3v) is 1.64. The first-order valence-corrected chi connectivity index (χ1v) is 4.15. The topological polar surface area (TPSA) is 67.1 Å². The van der Waals surface area contributed by atoms with Crippen LogP contribution in [0.3, 0.4) is 0 Å². The van der Waals surface area contributed by atoms with Gasteiger partial charge in [0.15, 0.2) is 0 Å². The highest BCUT2D eigenvalue weighted by Gasteiger charge is 1.98. The fraction of sp³-hybridized carbons (Fsp3) is 0.500. The first-order chi connectivity index (χ1) is 6.22. The highest BCUT2D eigenvalue weighted by Crippen LogP contribution is 2.00. The molecule has 1 heterocycles. The number of nitrogens with two attached hydrogens (primary N) is 1. The zero-order valence-electron chi connectivity index (χ0n) is 7.99. The van der Waals surface area contributed by atoms with Crippen LogP contribution in [-0.2, 0) is 6.42 Å². The maximum Gasteiger partial charge on any atom is 0.143 e. The molecular weight excluding hydrogens is 166 g/mol. The molecule has 1 rings (SSSR count). The van der Waals surface area contributed by atoms with Crippen molar-refractivity contribution in [2.24, 2.45) is 5.84 Å². The Balaban J connectivity index is 2.56. The van der Waals surface area contributed by atoms with Crippen LogP contribution in [0.25, 0.3) is 0 Å². The van der Waals surface area contributed by atoms with Gasteiger partial charge in [0.25, 0.3) is 0 Å². The van der Waals surface area contributed by atoms with E-state index in [0.29, 0.717) is 5.82 Å². The zero-order chi connectivity index (χ0) is 9.68. The molecule has 0 atom stereocenters. The van der Waals surface area contributed by atoms with Crippen molar-refractivity contribution < 1.29 is 0 Å². The molecule has 0 radical (unpaired) electrons. The van der Waals surface area contributed by atoms with E-state index in [0.717, 1.165) is 18.8 Å². The van der Waals surface area contributed by atoms with Crippen LogP contribution >= 0.6 is 0 Å². The number of nitrogen functional groups attached to an aromatic ring is 1. The molecule has 0 unspecified atom stereocenters. The van der Waals surface area contributed by atoms with Gasteiger partial charge in [0.05, 0.1) is 0 Å². The number of aromatic nitrogens is 2. The maximum absolute atomic E-state index is 5.22. The normalized spacial score (nSPS) is 10.5. The SMILES string of the molecule is CN(C)CCc1nccc(NN)n1. The summed E-state index contributed by atoms with van der Waals surface area (Å²) in [6.07, 6.45) is 2.54. The van der Waals surface area contributed by atoms with E-state index in [1.807, 2.05) is 14.1 Å². The van der Waals surface area contributed by atoms with E-state index < -0.39 is 0 Å². The van der Waals surface area contributed by atoms with Crippen molar-refractivity contribution in [3.8, 4) is 0 Å². The summed E-state index contributed by atoms with van der Waals surface area (Å²) in [5, 5.41) is 0. The Kier molecular flexibility index (Phi) is 3.60. The molecule has 5 nitrogen and oxygen atoms in total. The molecule has 5 heteroatoms. The number of rotatable bonds is 4. The average molecular weight is 181 g/mol. The molecular formula is C8H15N5. The molecule has 3 N–H and O–H groups in total. The Morgan fingerprint density at radius 3 is 2.92 bits per heavy atom. The molecule has 0 aliphatic rings. The number of likely N-dealkylation sites (N-methyl/N-ethyl adjacent to an activating group) is 1. The summed E-state index contributed by atoms with van der Waals surface area (Å²) in [4.78, 5) is 10.4. The monoisotopic (exact) mass is 181 g/mol. The summed E-state index contributed by atoms with van der Waals surface area (Å²) in [7, 11) is 4.04. The summed E-state index contributed by atoms with van der Waals surface area (Å²) in [6, 6.07) is 1.74. The third-order valence-electron chi connectivity index (χ3n) is 1.64. The molecule has 13 heavy (non-hydrogen) atoms. The lowest BCUT2D eigenvalue weighted by Gasteiger charge is -2.08. The van der Waals surface area contributed by atoms with Gasteiger partial charge in [0, 0.05) is 25.2 Å². The fourth-order valence-electron chi connectivity index (χ4n) is 0.924. The van der Waals surface area contributed by atoms with Crippen LogP contribution in [0.5, 0.6) is 0 Å². The van der Waals surface area contributed by atoms with Gasteiger partial charge in [0.2, 0.25) is 0 Å². The minimum atomic E-state index is 0.656. The summed E-state index contributed by atoms with van der Waals surface area (Å²) >= 11 is 0. The van der Waals surface area contributed by atoms with Gasteiger partial charge >= 0.3 is 0 Å². The predicted octanol–water partition coefficient (Wildman–Crippen LogP) is -0.134. The van der Waals surface area contributed by atoms with Gasteiger partial charge in [0.1, 0.15) is 11.6 Å². The molecule has 1 aromatic rings. The second-order valence-corrected chi connectivity index (χ2v) is 3.06. The third kappa shape index (κ3) is 3.35. The molecule has 0 fully saturated rings. The Labute approximate surface area is 78.0 Å². The van der Waals surface area contributed by atoms with Crippen molar-refractivity contribution in [1.29, 1.82) is 0 Å².